The molecule has 1 saturated heterocycles. The molecule has 1 atom stereocenters. The van der Waals surface area contributed by atoms with E-state index in [9.17, 15) is 36.3 Å². The average molecular weight is 595 g/mol. The molecular weight excluding hydrogens is 566 g/mol. The highest BCUT2D eigenvalue weighted by Crippen LogP contribution is 2.46. The fourth-order valence-electron chi connectivity index (χ4n) is 5.27. The van der Waals surface area contributed by atoms with Gasteiger partial charge in [0.25, 0.3) is 10.0 Å². The third kappa shape index (κ3) is 5.10. The number of carbonyl (C=O) groups excluding carboxylic acids is 1. The van der Waals surface area contributed by atoms with Gasteiger partial charge in [0.15, 0.2) is 0 Å². The molecule has 0 radical (unpaired) electrons. The molecule has 1 N–H and O–H groups in total. The van der Waals surface area contributed by atoms with Crippen molar-refractivity contribution < 1.29 is 50.3 Å². The van der Waals surface area contributed by atoms with Crippen molar-refractivity contribution in [1.82, 2.24) is 0 Å². The fourth-order valence-corrected chi connectivity index (χ4v) is 6.82. The molecule has 0 aromatic heterocycles. The van der Waals surface area contributed by atoms with E-state index in [0.29, 0.717) is 11.5 Å². The molecule has 1 unspecified atom stereocenters. The van der Waals surface area contributed by atoms with E-state index in [1.165, 1.54) is 12.1 Å². The highest BCUT2D eigenvalue weighted by atomic mass is 32.2. The normalized spacial score (nSPS) is 23.0. The van der Waals surface area contributed by atoms with Crippen LogP contribution in [0.4, 0.5) is 18.9 Å². The summed E-state index contributed by atoms with van der Waals surface area (Å²) in [6.45, 7) is 7.03. The van der Waals surface area contributed by atoms with Crippen molar-refractivity contribution in [1.29, 1.82) is 0 Å². The van der Waals surface area contributed by atoms with Crippen LogP contribution in [-0.4, -0.2) is 56.2 Å². The Labute approximate surface area is 235 Å². The maximum absolute atomic E-state index is 13.9. The number of alkyl halides is 3. The van der Waals surface area contributed by atoms with Gasteiger partial charge >= 0.3 is 19.3 Å². The summed E-state index contributed by atoms with van der Waals surface area (Å²) in [5, 5.41) is 9.81. The highest BCUT2D eigenvalue weighted by Gasteiger charge is 2.54. The maximum Gasteiger partial charge on any atom is 0.494 e. The quantitative estimate of drug-likeness (QED) is 0.502. The van der Waals surface area contributed by atoms with Gasteiger partial charge in [0, 0.05) is 19.3 Å². The van der Waals surface area contributed by atoms with E-state index in [4.69, 9.17) is 14.0 Å². The predicted molar refractivity (Wildman–Crippen MR) is 141 cm³/mol. The Morgan fingerprint density at radius 1 is 1.07 bits per heavy atom. The largest absolute Gasteiger partial charge is 0.494 e. The molecule has 9 nitrogen and oxygen atoms in total. The van der Waals surface area contributed by atoms with Crippen LogP contribution in [0.5, 0.6) is 5.75 Å². The number of ether oxygens (including phenoxy) is 1. The minimum atomic E-state index is -4.77. The molecule has 3 aliphatic rings. The Bertz CT molecular complexity index is 1500. The van der Waals surface area contributed by atoms with Crippen molar-refractivity contribution >= 4 is 40.0 Å². The Hall–Kier alpha value is -3.10. The zero-order valence-electron chi connectivity index (χ0n) is 22.8. The number of carbonyl (C=O) groups is 2. The molecule has 2 aromatic rings. The first kappa shape index (κ1) is 29.4. The van der Waals surface area contributed by atoms with Crippen LogP contribution in [0.1, 0.15) is 52.5 Å². The number of anilines is 1. The summed E-state index contributed by atoms with van der Waals surface area (Å²) in [6.07, 6.45) is -6.35. The van der Waals surface area contributed by atoms with Crippen LogP contribution in [0, 0.1) is 5.41 Å². The van der Waals surface area contributed by atoms with Crippen molar-refractivity contribution in [3.63, 3.8) is 0 Å². The minimum absolute atomic E-state index is 0.0416. The molecule has 2 aliphatic heterocycles. The SMILES string of the molecule is CC1(C)OB(c2ccc3c(c2)N(S(=O)(=O)c2cccc(C(F)(F)F)c2)CC(CC2(C(=O)O)CC(=O)C2)O3)OC1(C)C. The van der Waals surface area contributed by atoms with Crippen molar-refractivity contribution in [2.24, 2.45) is 5.41 Å². The van der Waals surface area contributed by atoms with E-state index in [0.717, 1.165) is 22.5 Å². The van der Waals surface area contributed by atoms with E-state index in [1.54, 1.807) is 6.07 Å². The number of benzene rings is 2. The first-order valence-corrected chi connectivity index (χ1v) is 14.4. The fraction of sp³-hybridized carbons (Fsp3) is 0.481. The number of hydrogen-bond donors (Lipinski definition) is 1. The molecule has 1 aliphatic carbocycles. The number of halogens is 3. The Kier molecular flexibility index (Phi) is 6.79. The molecular formula is C27H29BF3NO8S. The summed E-state index contributed by atoms with van der Waals surface area (Å²) in [5.74, 6) is -1.35. The molecule has 0 bridgehead atoms. The van der Waals surface area contributed by atoms with Crippen LogP contribution in [0.15, 0.2) is 47.4 Å². The van der Waals surface area contributed by atoms with E-state index in [2.05, 4.69) is 0 Å². The summed E-state index contributed by atoms with van der Waals surface area (Å²) >= 11 is 0. The number of carboxylic acid groups (broad SMARTS) is 1. The number of aliphatic carboxylic acids is 1. The number of rotatable bonds is 6. The smallest absolute Gasteiger partial charge is 0.486 e. The number of Topliss-reactive ketones (excluding diaryl/α,β-unsaturated/α-hetero) is 1. The summed E-state index contributed by atoms with van der Waals surface area (Å²) in [5.41, 5.74) is -3.42. The zero-order valence-corrected chi connectivity index (χ0v) is 23.6. The third-order valence-electron chi connectivity index (χ3n) is 8.33. The minimum Gasteiger partial charge on any atom is -0.486 e. The first-order chi connectivity index (χ1) is 18.8. The molecule has 0 spiro atoms. The molecule has 0 amide bonds. The Morgan fingerprint density at radius 2 is 1.71 bits per heavy atom. The first-order valence-electron chi connectivity index (χ1n) is 13.0. The lowest BCUT2D eigenvalue weighted by molar-refractivity contribution is -0.163. The average Bonchev–Trinajstić information content (AvgIpc) is 3.08. The van der Waals surface area contributed by atoms with Gasteiger partial charge in [-0.1, -0.05) is 12.1 Å². The van der Waals surface area contributed by atoms with Gasteiger partial charge in [0.2, 0.25) is 0 Å². The number of ketones is 1. The summed E-state index contributed by atoms with van der Waals surface area (Å²) in [6, 6.07) is 8.01. The monoisotopic (exact) mass is 595 g/mol. The van der Waals surface area contributed by atoms with E-state index in [-0.39, 0.29) is 43.0 Å². The molecule has 2 heterocycles. The van der Waals surface area contributed by atoms with Crippen molar-refractivity contribution in [3.8, 4) is 5.75 Å². The van der Waals surface area contributed by atoms with Gasteiger partial charge in [-0.3, -0.25) is 13.9 Å². The van der Waals surface area contributed by atoms with Gasteiger partial charge < -0.3 is 19.2 Å². The Balaban J connectivity index is 1.57. The zero-order chi connectivity index (χ0) is 30.2. The second-order valence-electron chi connectivity index (χ2n) is 11.8. The van der Waals surface area contributed by atoms with Gasteiger partial charge in [0.1, 0.15) is 17.6 Å². The van der Waals surface area contributed by atoms with Crippen molar-refractivity contribution in [2.75, 3.05) is 10.8 Å². The van der Waals surface area contributed by atoms with Gasteiger partial charge in [-0.2, -0.15) is 13.2 Å². The Morgan fingerprint density at radius 3 is 2.27 bits per heavy atom. The number of sulfonamides is 1. The topological polar surface area (TPSA) is 119 Å². The van der Waals surface area contributed by atoms with E-state index >= 15 is 0 Å². The maximum atomic E-state index is 13.9. The summed E-state index contributed by atoms with van der Waals surface area (Å²) in [4.78, 5) is 23.1. The number of nitrogens with zero attached hydrogens (tertiary/aromatic N) is 1. The standard InChI is InChI=1S/C27H29BF3NO8S/c1-24(2)25(3,4)40-28(39-24)17-8-9-22-21(11-17)32(15-19(38-22)14-26(23(34)35)12-18(33)13-26)41(36,37)20-7-5-6-16(10-20)27(29,30)31/h5-11,19H,12-15H2,1-4H3,(H,34,35). The summed E-state index contributed by atoms with van der Waals surface area (Å²) < 4.78 is 87.3. The van der Waals surface area contributed by atoms with E-state index < -0.39 is 62.5 Å². The van der Waals surface area contributed by atoms with Crippen molar-refractivity contribution in [3.05, 3.63) is 48.0 Å². The second kappa shape index (κ2) is 9.46. The van der Waals surface area contributed by atoms with Crippen LogP contribution < -0.4 is 14.5 Å². The second-order valence-corrected chi connectivity index (χ2v) is 13.7. The lowest BCUT2D eigenvalue weighted by Crippen LogP contribution is -2.51. The van der Waals surface area contributed by atoms with E-state index in [1.807, 2.05) is 27.7 Å². The third-order valence-corrected chi connectivity index (χ3v) is 10.1. The predicted octanol–water partition coefficient (Wildman–Crippen LogP) is 3.78. The molecule has 1 saturated carbocycles. The molecule has 220 valence electrons. The lowest BCUT2D eigenvalue weighted by Gasteiger charge is -2.42. The van der Waals surface area contributed by atoms with Crippen LogP contribution in [0.25, 0.3) is 0 Å². The van der Waals surface area contributed by atoms with Gasteiger partial charge in [-0.15, -0.1) is 0 Å². The molecule has 2 aromatic carbocycles. The van der Waals surface area contributed by atoms with Crippen LogP contribution in [0.3, 0.4) is 0 Å². The number of fused-ring (bicyclic) bond motifs is 1. The van der Waals surface area contributed by atoms with Crippen LogP contribution in [-0.2, 0) is 35.1 Å². The molecule has 41 heavy (non-hydrogen) atoms. The lowest BCUT2D eigenvalue weighted by atomic mass is 9.64. The van der Waals surface area contributed by atoms with Crippen LogP contribution in [0.2, 0.25) is 0 Å². The van der Waals surface area contributed by atoms with Gasteiger partial charge in [-0.25, -0.2) is 8.42 Å². The van der Waals surface area contributed by atoms with Gasteiger partial charge in [-0.05, 0) is 63.5 Å². The number of hydrogen-bond acceptors (Lipinski definition) is 7. The number of carboxylic acids is 1. The van der Waals surface area contributed by atoms with Gasteiger partial charge in [0.05, 0.1) is 39.3 Å². The molecule has 5 rings (SSSR count). The molecule has 14 heteroatoms. The van der Waals surface area contributed by atoms with Crippen molar-refractivity contribution in [2.45, 2.75) is 75.3 Å². The van der Waals surface area contributed by atoms with Crippen LogP contribution >= 0.6 is 0 Å². The molecule has 2 fully saturated rings. The summed E-state index contributed by atoms with van der Waals surface area (Å²) in [7, 11) is -5.46. The highest BCUT2D eigenvalue weighted by molar-refractivity contribution is 7.92.